The van der Waals surface area contributed by atoms with Crippen LogP contribution in [0.3, 0.4) is 0 Å². The van der Waals surface area contributed by atoms with Gasteiger partial charge in [-0.1, -0.05) is 32.0 Å². The lowest BCUT2D eigenvalue weighted by atomic mass is 10.1. The van der Waals surface area contributed by atoms with E-state index in [0.717, 1.165) is 17.0 Å². The van der Waals surface area contributed by atoms with Crippen molar-refractivity contribution >= 4 is 15.9 Å². The van der Waals surface area contributed by atoms with Crippen molar-refractivity contribution in [3.8, 4) is 5.75 Å². The van der Waals surface area contributed by atoms with E-state index < -0.39 is 0 Å². The van der Waals surface area contributed by atoms with Gasteiger partial charge >= 0.3 is 0 Å². The van der Waals surface area contributed by atoms with Gasteiger partial charge in [-0.15, -0.1) is 0 Å². The number of para-hydroxylation sites is 1. The number of benzene rings is 1. The minimum atomic E-state index is -0.145. The van der Waals surface area contributed by atoms with Crippen LogP contribution in [-0.2, 0) is 6.42 Å². The molecule has 5 heteroatoms. The van der Waals surface area contributed by atoms with E-state index in [-0.39, 0.29) is 11.5 Å². The first-order valence-electron chi connectivity index (χ1n) is 6.43. The van der Waals surface area contributed by atoms with Crippen molar-refractivity contribution in [1.29, 1.82) is 0 Å². The number of hydrogen-bond donors (Lipinski definition) is 1. The third-order valence-corrected chi connectivity index (χ3v) is 3.80. The van der Waals surface area contributed by atoms with Gasteiger partial charge in [0.05, 0.1) is 12.8 Å². The average Bonchev–Trinajstić information content (AvgIpc) is 2.43. The van der Waals surface area contributed by atoms with Crippen LogP contribution in [0, 0.1) is 0 Å². The van der Waals surface area contributed by atoms with Gasteiger partial charge in [0.15, 0.2) is 0 Å². The first kappa shape index (κ1) is 14.8. The highest BCUT2D eigenvalue weighted by atomic mass is 79.9. The first-order chi connectivity index (χ1) is 9.52. The normalized spacial score (nSPS) is 10.8. The van der Waals surface area contributed by atoms with Gasteiger partial charge in [0.25, 0.3) is 5.56 Å². The lowest BCUT2D eigenvalue weighted by Gasteiger charge is -2.11. The van der Waals surface area contributed by atoms with Crippen molar-refractivity contribution in [2.24, 2.45) is 0 Å². The summed E-state index contributed by atoms with van der Waals surface area (Å²) >= 11 is 3.30. The Morgan fingerprint density at radius 2 is 2.05 bits per heavy atom. The number of nitrogens with one attached hydrogen (secondary N) is 1. The predicted molar refractivity (Wildman–Crippen MR) is 82.4 cm³/mol. The van der Waals surface area contributed by atoms with E-state index in [0.29, 0.717) is 16.7 Å². The second-order valence-electron chi connectivity index (χ2n) is 4.86. The minimum Gasteiger partial charge on any atom is -0.496 e. The zero-order valence-electron chi connectivity index (χ0n) is 11.7. The van der Waals surface area contributed by atoms with Crippen LogP contribution in [0.25, 0.3) is 0 Å². The molecule has 0 bridgehead atoms. The molecule has 0 aliphatic carbocycles. The van der Waals surface area contributed by atoms with Crippen molar-refractivity contribution in [3.63, 3.8) is 0 Å². The van der Waals surface area contributed by atoms with Crippen LogP contribution in [0.15, 0.2) is 33.5 Å². The van der Waals surface area contributed by atoms with E-state index in [4.69, 9.17) is 4.74 Å². The molecule has 0 spiro atoms. The monoisotopic (exact) mass is 336 g/mol. The highest BCUT2D eigenvalue weighted by molar-refractivity contribution is 9.10. The molecule has 1 aromatic carbocycles. The number of aromatic nitrogens is 2. The van der Waals surface area contributed by atoms with E-state index in [1.54, 1.807) is 7.11 Å². The molecule has 0 aliphatic rings. The second-order valence-corrected chi connectivity index (χ2v) is 5.65. The molecule has 106 valence electrons. The molecule has 2 aromatic rings. The molecule has 0 fully saturated rings. The summed E-state index contributed by atoms with van der Waals surface area (Å²) < 4.78 is 5.83. The number of aromatic amines is 1. The lowest BCUT2D eigenvalue weighted by Crippen LogP contribution is -2.16. The molecule has 0 amide bonds. The highest BCUT2D eigenvalue weighted by Gasteiger charge is 2.13. The molecular formula is C15H17BrN2O2. The lowest BCUT2D eigenvalue weighted by molar-refractivity contribution is 0.410. The fourth-order valence-corrected chi connectivity index (χ4v) is 2.67. The van der Waals surface area contributed by atoms with Gasteiger partial charge in [-0.2, -0.15) is 0 Å². The van der Waals surface area contributed by atoms with Crippen molar-refractivity contribution in [2.45, 2.75) is 26.2 Å². The number of H-pyrrole nitrogens is 1. The molecule has 2 rings (SSSR count). The molecule has 1 heterocycles. The van der Waals surface area contributed by atoms with E-state index >= 15 is 0 Å². The Bertz CT molecular complexity index is 665. The minimum absolute atomic E-state index is 0.145. The average molecular weight is 337 g/mol. The number of rotatable bonds is 4. The fourth-order valence-electron chi connectivity index (χ4n) is 2.02. The Balaban J connectivity index is 2.42. The van der Waals surface area contributed by atoms with Crippen LogP contribution in [0.2, 0.25) is 0 Å². The van der Waals surface area contributed by atoms with Crippen molar-refractivity contribution < 1.29 is 4.74 Å². The number of hydrogen-bond acceptors (Lipinski definition) is 3. The largest absolute Gasteiger partial charge is 0.496 e. The zero-order valence-corrected chi connectivity index (χ0v) is 13.3. The van der Waals surface area contributed by atoms with Crippen LogP contribution in [-0.4, -0.2) is 17.1 Å². The third kappa shape index (κ3) is 3.10. The summed E-state index contributed by atoms with van der Waals surface area (Å²) in [4.78, 5) is 19.3. The molecule has 0 atom stereocenters. The smallest absolute Gasteiger partial charge is 0.265 e. The number of methoxy groups -OCH3 is 1. The molecule has 0 saturated heterocycles. The van der Waals surface area contributed by atoms with E-state index in [9.17, 15) is 4.79 Å². The van der Waals surface area contributed by atoms with Crippen molar-refractivity contribution in [2.75, 3.05) is 7.11 Å². The van der Waals surface area contributed by atoms with Crippen LogP contribution in [0.4, 0.5) is 0 Å². The zero-order chi connectivity index (χ0) is 14.7. The van der Waals surface area contributed by atoms with Crippen LogP contribution < -0.4 is 10.3 Å². The summed E-state index contributed by atoms with van der Waals surface area (Å²) in [6.45, 7) is 4.03. The van der Waals surface area contributed by atoms with Gasteiger partial charge in [0.1, 0.15) is 16.0 Å². The molecule has 20 heavy (non-hydrogen) atoms. The molecule has 0 radical (unpaired) electrons. The molecule has 0 unspecified atom stereocenters. The van der Waals surface area contributed by atoms with Gasteiger partial charge < -0.3 is 9.72 Å². The SMILES string of the molecule is COc1ccccc1Cc1nc(C(C)C)c(Br)c(=O)[nH]1. The van der Waals surface area contributed by atoms with Crippen LogP contribution in [0.5, 0.6) is 5.75 Å². The molecule has 0 saturated carbocycles. The Morgan fingerprint density at radius 3 is 2.70 bits per heavy atom. The summed E-state index contributed by atoms with van der Waals surface area (Å²) in [5.74, 6) is 1.62. The summed E-state index contributed by atoms with van der Waals surface area (Å²) in [6, 6.07) is 7.73. The van der Waals surface area contributed by atoms with Gasteiger partial charge in [-0.05, 0) is 27.9 Å². The molecule has 0 aliphatic heterocycles. The van der Waals surface area contributed by atoms with Gasteiger partial charge in [-0.25, -0.2) is 4.98 Å². The molecule has 4 nitrogen and oxygen atoms in total. The summed E-state index contributed by atoms with van der Waals surface area (Å²) in [5, 5.41) is 0. The molecule has 1 N–H and O–H groups in total. The maximum Gasteiger partial charge on any atom is 0.265 e. The topological polar surface area (TPSA) is 55.0 Å². The Kier molecular flexibility index (Phi) is 4.60. The van der Waals surface area contributed by atoms with Gasteiger partial charge in [0.2, 0.25) is 0 Å². The molecule has 1 aromatic heterocycles. The number of halogens is 1. The highest BCUT2D eigenvalue weighted by Crippen LogP contribution is 2.22. The summed E-state index contributed by atoms with van der Waals surface area (Å²) in [6.07, 6.45) is 0.534. The predicted octanol–water partition coefficient (Wildman–Crippen LogP) is 3.26. The Labute approximate surface area is 126 Å². The third-order valence-electron chi connectivity index (χ3n) is 3.03. The van der Waals surface area contributed by atoms with Crippen molar-refractivity contribution in [1.82, 2.24) is 9.97 Å². The fraction of sp³-hybridized carbons (Fsp3) is 0.333. The maximum absolute atomic E-state index is 11.9. The van der Waals surface area contributed by atoms with Crippen molar-refractivity contribution in [3.05, 3.63) is 56.2 Å². The summed E-state index contributed by atoms with van der Waals surface area (Å²) in [5.41, 5.74) is 1.63. The Morgan fingerprint density at radius 1 is 1.35 bits per heavy atom. The maximum atomic E-state index is 11.9. The number of ether oxygens (including phenoxy) is 1. The first-order valence-corrected chi connectivity index (χ1v) is 7.22. The van der Waals surface area contributed by atoms with Gasteiger partial charge in [-0.3, -0.25) is 4.79 Å². The quantitative estimate of drug-likeness (QED) is 0.932. The summed E-state index contributed by atoms with van der Waals surface area (Å²) in [7, 11) is 1.64. The Hall–Kier alpha value is -1.62. The van der Waals surface area contributed by atoms with Crippen LogP contribution in [0.1, 0.15) is 36.8 Å². The number of nitrogens with zero attached hydrogens (tertiary/aromatic N) is 1. The molecular weight excluding hydrogens is 320 g/mol. The second kappa shape index (κ2) is 6.22. The standard InChI is InChI=1S/C15H17BrN2O2/c1-9(2)14-13(16)15(19)18-12(17-14)8-10-6-4-5-7-11(10)20-3/h4-7,9H,8H2,1-3H3,(H,17,18,19). The van der Waals surface area contributed by atoms with E-state index in [1.165, 1.54) is 0 Å². The van der Waals surface area contributed by atoms with Gasteiger partial charge in [0, 0.05) is 12.0 Å². The van der Waals surface area contributed by atoms with E-state index in [1.807, 2.05) is 38.1 Å². The van der Waals surface area contributed by atoms with E-state index in [2.05, 4.69) is 25.9 Å². The van der Waals surface area contributed by atoms with Crippen LogP contribution >= 0.6 is 15.9 Å².